The number of carbonyl (C=O) groups excluding carboxylic acids is 2. The number of benzene rings is 2. The third-order valence-electron chi connectivity index (χ3n) is 3.41. The Morgan fingerprint density at radius 2 is 1.07 bits per heavy atom. The van der Waals surface area contributed by atoms with Crippen LogP contribution < -0.4 is 5.32 Å². The minimum atomic E-state index is -5.08. The van der Waals surface area contributed by atoms with Crippen LogP contribution in [-0.2, 0) is 4.79 Å². The summed E-state index contributed by atoms with van der Waals surface area (Å²) in [7, 11) is 0. The van der Waals surface area contributed by atoms with E-state index in [1.54, 1.807) is 0 Å². The van der Waals surface area contributed by atoms with Crippen LogP contribution in [0.1, 0.15) is 20.7 Å². The molecular weight excluding hydrogens is 415 g/mol. The predicted molar refractivity (Wildman–Crippen MR) is 94.8 cm³/mol. The molecule has 2 rings (SSSR count). The number of nitrogens with one attached hydrogen (secondary N) is 1. The Hall–Kier alpha value is -3.80. The van der Waals surface area contributed by atoms with Gasteiger partial charge in [0.05, 0.1) is 13.1 Å². The first kappa shape index (κ1) is 24.2. The van der Waals surface area contributed by atoms with Crippen LogP contribution in [0.15, 0.2) is 36.4 Å². The number of hydrogen-bond acceptors (Lipinski definition) is 8. The van der Waals surface area contributed by atoms with Crippen molar-refractivity contribution in [3.8, 4) is 23.0 Å². The van der Waals surface area contributed by atoms with Gasteiger partial charge >= 0.3 is 12.1 Å². The molecule has 0 aliphatic rings. The smallest absolute Gasteiger partial charge is 0.490 e. The molecule has 0 aromatic heterocycles. The second-order valence-electron chi connectivity index (χ2n) is 5.66. The van der Waals surface area contributed by atoms with E-state index in [-0.39, 0.29) is 47.3 Å². The van der Waals surface area contributed by atoms with E-state index in [4.69, 9.17) is 9.90 Å². The van der Waals surface area contributed by atoms with Gasteiger partial charge in [0.25, 0.3) is 0 Å². The number of phenols is 4. The Bertz CT molecular complexity index is 880. The van der Waals surface area contributed by atoms with E-state index in [1.165, 1.54) is 24.3 Å². The Kier molecular flexibility index (Phi) is 8.17. The normalized spacial score (nSPS) is 10.6. The molecule has 0 radical (unpaired) electrons. The molecule has 162 valence electrons. The van der Waals surface area contributed by atoms with Crippen LogP contribution in [0.5, 0.6) is 23.0 Å². The van der Waals surface area contributed by atoms with Gasteiger partial charge in [0.1, 0.15) is 0 Å². The van der Waals surface area contributed by atoms with Crippen molar-refractivity contribution in [1.82, 2.24) is 5.32 Å². The molecule has 0 bridgehead atoms. The molecule has 0 amide bonds. The fourth-order valence-corrected chi connectivity index (χ4v) is 1.89. The van der Waals surface area contributed by atoms with E-state index in [1.807, 2.05) is 0 Å². The number of carboxylic acids is 1. The van der Waals surface area contributed by atoms with Crippen molar-refractivity contribution in [2.24, 2.45) is 0 Å². The summed E-state index contributed by atoms with van der Waals surface area (Å²) in [6.07, 6.45) is -5.08. The van der Waals surface area contributed by atoms with E-state index < -0.39 is 23.6 Å². The number of carbonyl (C=O) groups is 3. The molecule has 6 N–H and O–H groups in total. The van der Waals surface area contributed by atoms with E-state index in [0.29, 0.717) is 0 Å². The van der Waals surface area contributed by atoms with Crippen molar-refractivity contribution in [1.29, 1.82) is 0 Å². The number of aliphatic carboxylic acids is 1. The topological polar surface area (TPSA) is 164 Å². The predicted octanol–water partition coefficient (Wildman–Crippen LogP) is 1.80. The van der Waals surface area contributed by atoms with Gasteiger partial charge in [-0.3, -0.25) is 9.59 Å². The zero-order chi connectivity index (χ0) is 23.1. The lowest BCUT2D eigenvalue weighted by atomic mass is 10.1. The molecule has 0 saturated carbocycles. The number of rotatable bonds is 6. The fraction of sp³-hybridized carbons (Fsp3) is 0.167. The second kappa shape index (κ2) is 10.1. The first-order valence-electron chi connectivity index (χ1n) is 7.94. The number of alkyl halides is 3. The third-order valence-corrected chi connectivity index (χ3v) is 3.41. The van der Waals surface area contributed by atoms with E-state index in [0.717, 1.165) is 12.1 Å². The average molecular weight is 431 g/mol. The zero-order valence-electron chi connectivity index (χ0n) is 15.0. The van der Waals surface area contributed by atoms with Crippen molar-refractivity contribution in [3.05, 3.63) is 47.5 Å². The van der Waals surface area contributed by atoms with Crippen LogP contribution in [0.2, 0.25) is 0 Å². The maximum Gasteiger partial charge on any atom is 0.490 e. The van der Waals surface area contributed by atoms with Gasteiger partial charge in [-0.15, -0.1) is 0 Å². The Morgan fingerprint density at radius 3 is 1.33 bits per heavy atom. The third kappa shape index (κ3) is 7.31. The summed E-state index contributed by atoms with van der Waals surface area (Å²) in [5, 5.41) is 46.8. The van der Waals surface area contributed by atoms with Gasteiger partial charge in [0.2, 0.25) is 0 Å². The molecule has 0 heterocycles. The SMILES string of the molecule is O=C(CNCC(=O)c1ccc(O)c(O)c1)c1ccc(O)c(O)c1.O=C(O)C(F)(F)F. The monoisotopic (exact) mass is 431 g/mol. The number of phenolic OH excluding ortho intramolecular Hbond substituents is 4. The minimum absolute atomic E-state index is 0.139. The molecule has 0 atom stereocenters. The van der Waals surface area contributed by atoms with Crippen LogP contribution in [0.3, 0.4) is 0 Å². The zero-order valence-corrected chi connectivity index (χ0v) is 15.0. The highest BCUT2D eigenvalue weighted by atomic mass is 19.4. The lowest BCUT2D eigenvalue weighted by Crippen LogP contribution is -2.28. The molecule has 0 aliphatic carbocycles. The highest BCUT2D eigenvalue weighted by Gasteiger charge is 2.38. The Labute approximate surface area is 166 Å². The second-order valence-corrected chi connectivity index (χ2v) is 5.66. The molecule has 0 aliphatic heterocycles. The van der Waals surface area contributed by atoms with Gasteiger partial charge in [-0.2, -0.15) is 13.2 Å². The number of Topliss-reactive ketones (excluding diaryl/α,β-unsaturated/α-hetero) is 2. The van der Waals surface area contributed by atoms with Gasteiger partial charge in [0, 0.05) is 11.1 Å². The molecule has 2 aromatic carbocycles. The lowest BCUT2D eigenvalue weighted by molar-refractivity contribution is -0.192. The van der Waals surface area contributed by atoms with E-state index in [9.17, 15) is 43.2 Å². The molecular formula is C18H16F3NO8. The van der Waals surface area contributed by atoms with Crippen molar-refractivity contribution in [3.63, 3.8) is 0 Å². The van der Waals surface area contributed by atoms with Crippen molar-refractivity contribution in [2.75, 3.05) is 13.1 Å². The quantitative estimate of drug-likeness (QED) is 0.295. The van der Waals surface area contributed by atoms with Gasteiger partial charge in [-0.1, -0.05) is 0 Å². The van der Waals surface area contributed by atoms with Gasteiger partial charge < -0.3 is 30.8 Å². The Balaban J connectivity index is 0.000000553. The van der Waals surface area contributed by atoms with Gasteiger partial charge in [0.15, 0.2) is 34.6 Å². The van der Waals surface area contributed by atoms with Gasteiger partial charge in [-0.25, -0.2) is 4.79 Å². The summed E-state index contributed by atoms with van der Waals surface area (Å²) in [6.45, 7) is -0.278. The van der Waals surface area contributed by atoms with Crippen LogP contribution in [0.4, 0.5) is 13.2 Å². The van der Waals surface area contributed by atoms with Crippen molar-refractivity contribution in [2.45, 2.75) is 6.18 Å². The Morgan fingerprint density at radius 1 is 0.733 bits per heavy atom. The molecule has 0 unspecified atom stereocenters. The van der Waals surface area contributed by atoms with Crippen molar-refractivity contribution >= 4 is 17.5 Å². The summed E-state index contributed by atoms with van der Waals surface area (Å²) in [6, 6.07) is 7.40. The number of hydrogen-bond donors (Lipinski definition) is 6. The first-order valence-corrected chi connectivity index (χ1v) is 7.94. The highest BCUT2D eigenvalue weighted by Crippen LogP contribution is 2.25. The lowest BCUT2D eigenvalue weighted by Gasteiger charge is -2.06. The average Bonchev–Trinajstić information content (AvgIpc) is 2.65. The molecule has 2 aromatic rings. The number of ketones is 2. The molecule has 0 fully saturated rings. The van der Waals surface area contributed by atoms with E-state index >= 15 is 0 Å². The number of aromatic hydroxyl groups is 4. The number of halogens is 3. The minimum Gasteiger partial charge on any atom is -0.504 e. The summed E-state index contributed by atoms with van der Waals surface area (Å²) >= 11 is 0. The molecule has 0 spiro atoms. The molecule has 0 saturated heterocycles. The van der Waals surface area contributed by atoms with Crippen LogP contribution >= 0.6 is 0 Å². The van der Waals surface area contributed by atoms with Crippen LogP contribution in [-0.4, -0.2) is 62.3 Å². The standard InChI is InChI=1S/C16H15NO6.C2HF3O2/c18-11-3-1-9(5-13(11)20)15(22)7-17-8-16(23)10-2-4-12(19)14(21)6-10;3-2(4,5)1(6)7/h1-6,17-21H,7-8H2;(H,6,7). The number of carboxylic acid groups (broad SMARTS) is 1. The van der Waals surface area contributed by atoms with Crippen LogP contribution in [0.25, 0.3) is 0 Å². The molecule has 9 nitrogen and oxygen atoms in total. The fourth-order valence-electron chi connectivity index (χ4n) is 1.89. The molecule has 12 heteroatoms. The summed E-state index contributed by atoms with van der Waals surface area (Å²) in [5.41, 5.74) is 0.394. The first-order chi connectivity index (χ1) is 13.8. The maximum atomic E-state index is 11.9. The van der Waals surface area contributed by atoms with Gasteiger partial charge in [-0.05, 0) is 36.4 Å². The molecule has 30 heavy (non-hydrogen) atoms. The largest absolute Gasteiger partial charge is 0.504 e. The highest BCUT2D eigenvalue weighted by molar-refractivity contribution is 6.00. The summed E-state index contributed by atoms with van der Waals surface area (Å²) in [5.74, 6) is -4.91. The van der Waals surface area contributed by atoms with Crippen LogP contribution in [0, 0.1) is 0 Å². The van der Waals surface area contributed by atoms with E-state index in [2.05, 4.69) is 5.32 Å². The van der Waals surface area contributed by atoms with Crippen molar-refractivity contribution < 1.29 is 53.1 Å². The maximum absolute atomic E-state index is 11.9. The summed E-state index contributed by atoms with van der Waals surface area (Å²) in [4.78, 5) is 32.7. The summed E-state index contributed by atoms with van der Waals surface area (Å²) < 4.78 is 31.7.